The molecular weight excluding hydrogens is 500 g/mol. The average Bonchev–Trinajstić information content (AvgIpc) is 3.09. The van der Waals surface area contributed by atoms with Crippen LogP contribution in [0, 0.1) is 6.92 Å². The second-order valence-electron chi connectivity index (χ2n) is 10.5. The quantitative estimate of drug-likeness (QED) is 0.474. The van der Waals surface area contributed by atoms with Crippen molar-refractivity contribution < 1.29 is 27.1 Å². The summed E-state index contributed by atoms with van der Waals surface area (Å²) in [6.07, 6.45) is -0.674. The third-order valence-corrected chi connectivity index (χ3v) is 7.78. The Morgan fingerprint density at radius 2 is 1.95 bits per heavy atom. The van der Waals surface area contributed by atoms with Crippen molar-refractivity contribution in [3.05, 3.63) is 58.7 Å². The fraction of sp³-hybridized carbons (Fsp3) is 0.607. The maximum Gasteiger partial charge on any atom is 0.414 e. The number of rotatable bonds is 8. The van der Waals surface area contributed by atoms with Crippen LogP contribution in [0.5, 0.6) is 0 Å². The van der Waals surface area contributed by atoms with Crippen LogP contribution < -0.4 is 5.32 Å². The number of ether oxygens (including phenoxy) is 1. The number of carbonyl (C=O) groups is 1. The number of aromatic nitrogens is 2. The van der Waals surface area contributed by atoms with Crippen molar-refractivity contribution in [2.75, 3.05) is 19.6 Å². The van der Waals surface area contributed by atoms with Gasteiger partial charge in [0.2, 0.25) is 0 Å². The highest BCUT2D eigenvalue weighted by Crippen LogP contribution is 2.35. The molecule has 1 fully saturated rings. The first-order chi connectivity index (χ1) is 18.0. The number of alkyl halides is 4. The largest absolute Gasteiger partial charge is 0.414 e. The van der Waals surface area contributed by atoms with Gasteiger partial charge in [-0.25, -0.2) is 4.39 Å². The third-order valence-electron chi connectivity index (χ3n) is 7.78. The Labute approximate surface area is 221 Å². The van der Waals surface area contributed by atoms with Gasteiger partial charge in [0.1, 0.15) is 5.67 Å². The van der Waals surface area contributed by atoms with Crippen molar-refractivity contribution >= 4 is 5.91 Å². The van der Waals surface area contributed by atoms with Crippen molar-refractivity contribution in [1.82, 2.24) is 20.2 Å². The van der Waals surface area contributed by atoms with Crippen molar-refractivity contribution in [3.8, 4) is 0 Å². The Bertz CT molecular complexity index is 1100. The topological polar surface area (TPSA) is 67.4 Å². The van der Waals surface area contributed by atoms with Crippen molar-refractivity contribution in [3.63, 3.8) is 0 Å². The maximum absolute atomic E-state index is 15.6. The Kier molecular flexibility index (Phi) is 9.03. The van der Waals surface area contributed by atoms with E-state index >= 15 is 4.39 Å². The molecule has 1 aliphatic heterocycles. The van der Waals surface area contributed by atoms with E-state index in [4.69, 9.17) is 4.74 Å². The van der Waals surface area contributed by atoms with Crippen LogP contribution in [0.1, 0.15) is 72.0 Å². The minimum Gasteiger partial charge on any atom is -0.363 e. The Morgan fingerprint density at radius 3 is 2.66 bits per heavy atom. The van der Waals surface area contributed by atoms with E-state index in [1.54, 1.807) is 31.3 Å². The van der Waals surface area contributed by atoms with Gasteiger partial charge in [0.25, 0.3) is 5.91 Å². The van der Waals surface area contributed by atoms with Crippen LogP contribution in [0.25, 0.3) is 0 Å². The van der Waals surface area contributed by atoms with Gasteiger partial charge in [-0.05, 0) is 76.1 Å². The molecule has 1 saturated carbocycles. The molecule has 10 heteroatoms. The molecule has 0 saturated heterocycles. The Balaban J connectivity index is 1.22. The van der Waals surface area contributed by atoms with Gasteiger partial charge in [-0.15, -0.1) is 0 Å². The number of carbonyl (C=O) groups excluding carboxylic acids is 1. The summed E-state index contributed by atoms with van der Waals surface area (Å²) in [6, 6.07) is 7.09. The minimum atomic E-state index is -4.40. The lowest BCUT2D eigenvalue weighted by molar-refractivity contribution is -0.217. The molecule has 6 nitrogen and oxygen atoms in total. The first-order valence-electron chi connectivity index (χ1n) is 13.3. The molecule has 2 aromatic heterocycles. The van der Waals surface area contributed by atoms with Gasteiger partial charge in [0, 0.05) is 49.7 Å². The molecular formula is C28H36F4N4O2. The van der Waals surface area contributed by atoms with Gasteiger partial charge in [0.05, 0.1) is 17.9 Å². The Hall–Kier alpha value is -2.59. The zero-order chi connectivity index (χ0) is 27.3. The van der Waals surface area contributed by atoms with Gasteiger partial charge in [-0.2, -0.15) is 13.2 Å². The molecule has 1 atom stereocenters. The molecule has 1 aliphatic carbocycles. The number of hydrogen-bond donors (Lipinski definition) is 1. The van der Waals surface area contributed by atoms with Crippen LogP contribution in [0.3, 0.4) is 0 Å². The van der Waals surface area contributed by atoms with Crippen LogP contribution >= 0.6 is 0 Å². The van der Waals surface area contributed by atoms with E-state index in [0.717, 1.165) is 37.7 Å². The summed E-state index contributed by atoms with van der Waals surface area (Å²) in [5.74, 6) is -0.158. The maximum atomic E-state index is 15.6. The molecule has 2 aromatic rings. The molecule has 38 heavy (non-hydrogen) atoms. The summed E-state index contributed by atoms with van der Waals surface area (Å²) < 4.78 is 58.7. The summed E-state index contributed by atoms with van der Waals surface area (Å²) in [5, 5.41) is 3.04. The van der Waals surface area contributed by atoms with Gasteiger partial charge in [0.15, 0.2) is 6.10 Å². The number of hydrogen-bond acceptors (Lipinski definition) is 5. The summed E-state index contributed by atoms with van der Waals surface area (Å²) in [5.41, 5.74) is 2.42. The molecule has 0 bridgehead atoms. The Morgan fingerprint density at radius 1 is 1.21 bits per heavy atom. The molecule has 0 spiro atoms. The molecule has 2 aliphatic rings. The highest BCUT2D eigenvalue weighted by molar-refractivity contribution is 5.95. The van der Waals surface area contributed by atoms with E-state index in [-0.39, 0.29) is 18.6 Å². The highest BCUT2D eigenvalue weighted by Gasteiger charge is 2.37. The number of pyridine rings is 2. The summed E-state index contributed by atoms with van der Waals surface area (Å²) in [4.78, 5) is 23.5. The monoisotopic (exact) mass is 536 g/mol. The number of aryl methyl sites for hydroxylation is 1. The third kappa shape index (κ3) is 7.50. The van der Waals surface area contributed by atoms with Crippen LogP contribution in [-0.2, 0) is 24.2 Å². The molecule has 0 unspecified atom stereocenters. The number of nitrogens with zero attached hydrogens (tertiary/aromatic N) is 3. The van der Waals surface area contributed by atoms with Crippen LogP contribution in [0.2, 0.25) is 0 Å². The molecule has 208 valence electrons. The smallest absolute Gasteiger partial charge is 0.363 e. The van der Waals surface area contributed by atoms with E-state index in [1.165, 1.54) is 0 Å². The van der Waals surface area contributed by atoms with Crippen molar-refractivity contribution in [2.24, 2.45) is 0 Å². The van der Waals surface area contributed by atoms with E-state index in [9.17, 15) is 18.0 Å². The second-order valence-corrected chi connectivity index (χ2v) is 10.5. The second kappa shape index (κ2) is 12.1. The number of fused-ring (bicyclic) bond motifs is 1. The number of amides is 1. The lowest BCUT2D eigenvalue weighted by atomic mass is 9.81. The van der Waals surface area contributed by atoms with Gasteiger partial charge in [-0.1, -0.05) is 6.07 Å². The van der Waals surface area contributed by atoms with E-state index < -0.39 is 17.9 Å². The van der Waals surface area contributed by atoms with Crippen LogP contribution in [0.15, 0.2) is 30.5 Å². The van der Waals surface area contributed by atoms with E-state index in [2.05, 4.69) is 20.2 Å². The van der Waals surface area contributed by atoms with Gasteiger partial charge < -0.3 is 15.0 Å². The number of halogens is 4. The first kappa shape index (κ1) is 28.4. The predicted octanol–water partition coefficient (Wildman–Crippen LogP) is 5.12. The lowest BCUT2D eigenvalue weighted by Crippen LogP contribution is -2.43. The molecule has 0 radical (unpaired) electrons. The van der Waals surface area contributed by atoms with E-state index in [1.807, 2.05) is 6.07 Å². The van der Waals surface area contributed by atoms with Crippen LogP contribution in [0.4, 0.5) is 17.6 Å². The average molecular weight is 537 g/mol. The fourth-order valence-electron chi connectivity index (χ4n) is 5.16. The lowest BCUT2D eigenvalue weighted by Gasteiger charge is -2.35. The van der Waals surface area contributed by atoms with Gasteiger partial charge in [-0.3, -0.25) is 14.8 Å². The molecule has 1 N–H and O–H groups in total. The summed E-state index contributed by atoms with van der Waals surface area (Å²) in [7, 11) is 0. The fourth-order valence-corrected chi connectivity index (χ4v) is 5.16. The molecule has 4 rings (SSSR count). The zero-order valence-corrected chi connectivity index (χ0v) is 22.0. The predicted molar refractivity (Wildman–Crippen MR) is 136 cm³/mol. The van der Waals surface area contributed by atoms with E-state index in [0.29, 0.717) is 62.0 Å². The minimum absolute atomic E-state index is 0.0398. The summed E-state index contributed by atoms with van der Waals surface area (Å²) in [6.45, 7) is 4.75. The highest BCUT2D eigenvalue weighted by atomic mass is 19.4. The van der Waals surface area contributed by atoms with Crippen LogP contribution in [-0.4, -0.2) is 64.4 Å². The molecule has 1 amide bonds. The van der Waals surface area contributed by atoms with Gasteiger partial charge >= 0.3 is 6.18 Å². The normalized spacial score (nSPS) is 23.4. The first-order valence-corrected chi connectivity index (χ1v) is 13.3. The zero-order valence-electron chi connectivity index (χ0n) is 22.0. The number of nitrogens with one attached hydrogen (secondary N) is 1. The molecule has 3 heterocycles. The van der Waals surface area contributed by atoms with Crippen molar-refractivity contribution in [1.29, 1.82) is 0 Å². The SMILES string of the molecule is Cc1ncccc1C(=O)NC1CCC(F)(CCN2CCc3ccc(CO[C@H](C)C(F)(F)F)nc3CC2)CC1. The molecule has 0 aromatic carbocycles. The standard InChI is InChI=1S/C28H36F4N4O2/c1-19-24(4-3-14-33-19)26(37)35-22-7-11-27(29,12-8-22)13-17-36-15-9-21-5-6-23(34-25(21)10-16-36)18-38-20(2)28(30,31)32/h3-6,14,20,22H,7-13,15-18H2,1-2H3,(H,35,37)/t20-,22?,27?/m1/s1. The summed E-state index contributed by atoms with van der Waals surface area (Å²) >= 11 is 0. The van der Waals surface area contributed by atoms with Crippen molar-refractivity contribution in [2.45, 2.75) is 89.4 Å².